The van der Waals surface area contributed by atoms with Gasteiger partial charge in [-0.2, -0.15) is 4.98 Å². The van der Waals surface area contributed by atoms with Crippen molar-refractivity contribution in [2.75, 3.05) is 13.6 Å². The summed E-state index contributed by atoms with van der Waals surface area (Å²) < 4.78 is 3.19. The smallest absolute Gasteiger partial charge is 0.344 e. The van der Waals surface area contributed by atoms with Gasteiger partial charge < -0.3 is 9.47 Å². The molecule has 3 aromatic rings. The highest BCUT2D eigenvalue weighted by Crippen LogP contribution is 2.20. The summed E-state index contributed by atoms with van der Waals surface area (Å²) in [6.45, 7) is 4.98. The van der Waals surface area contributed by atoms with Crippen LogP contribution in [-0.2, 0) is 37.0 Å². The van der Waals surface area contributed by atoms with Gasteiger partial charge in [-0.25, -0.2) is 9.78 Å². The third kappa shape index (κ3) is 11.8. The predicted octanol–water partition coefficient (Wildman–Crippen LogP) is 6.16. The first-order valence-electron chi connectivity index (χ1n) is 15.9. The van der Waals surface area contributed by atoms with Crippen molar-refractivity contribution in [3.8, 4) is 0 Å². The number of unbranched alkanes of at least 4 members (excludes halogenated alkanes) is 9. The number of carbonyl (C=O) groups is 1. The minimum Gasteiger partial charge on any atom is -0.344 e. The Morgan fingerprint density at radius 1 is 0.860 bits per heavy atom. The molecule has 3 rings (SSSR count). The average molecular weight is 608 g/mol. The number of aromatic nitrogens is 4. The first-order valence-corrected chi connectivity index (χ1v) is 16.9. The van der Waals surface area contributed by atoms with E-state index < -0.39 is 5.69 Å². The van der Waals surface area contributed by atoms with E-state index >= 15 is 0 Å². The van der Waals surface area contributed by atoms with Gasteiger partial charge in [0.1, 0.15) is 6.54 Å². The second kappa shape index (κ2) is 18.5. The maximum Gasteiger partial charge on any atom is 0.347 e. The number of rotatable bonds is 19. The van der Waals surface area contributed by atoms with E-state index in [9.17, 15) is 14.4 Å². The minimum absolute atomic E-state index is 0.0704. The molecule has 0 aliphatic carbocycles. The normalized spacial score (nSPS) is 11.2. The molecule has 0 unspecified atom stereocenters. The van der Waals surface area contributed by atoms with Gasteiger partial charge in [-0.15, -0.1) is 0 Å². The fourth-order valence-corrected chi connectivity index (χ4v) is 5.90. The van der Waals surface area contributed by atoms with Gasteiger partial charge in [-0.1, -0.05) is 108 Å². The Morgan fingerprint density at radius 3 is 2.14 bits per heavy atom. The SMILES string of the molecule is CCCCCCCCCCCCN(C)C(=O)Cn1cc(Cc2cn(C)c(SCc3ccc(CC)cc3)nc2=O)cnc1=O. The van der Waals surface area contributed by atoms with Crippen LogP contribution < -0.4 is 11.2 Å². The molecular weight excluding hydrogens is 558 g/mol. The van der Waals surface area contributed by atoms with E-state index in [1.54, 1.807) is 24.3 Å². The number of nitrogens with zero attached hydrogens (tertiary/aromatic N) is 5. The zero-order chi connectivity index (χ0) is 31.0. The van der Waals surface area contributed by atoms with E-state index in [4.69, 9.17) is 0 Å². The summed E-state index contributed by atoms with van der Waals surface area (Å²) >= 11 is 1.52. The van der Waals surface area contributed by atoms with Crippen molar-refractivity contribution in [2.45, 2.75) is 108 Å². The van der Waals surface area contributed by atoms with Crippen LogP contribution >= 0.6 is 11.8 Å². The highest BCUT2D eigenvalue weighted by Gasteiger charge is 2.13. The van der Waals surface area contributed by atoms with Crippen LogP contribution in [0.2, 0.25) is 0 Å². The summed E-state index contributed by atoms with van der Waals surface area (Å²) in [5, 5.41) is 0.646. The Kier molecular flexibility index (Phi) is 14.7. The fourth-order valence-electron chi connectivity index (χ4n) is 5.01. The molecule has 2 heterocycles. The Hall–Kier alpha value is -3.20. The fraction of sp³-hybridized carbons (Fsp3) is 0.559. The van der Waals surface area contributed by atoms with Crippen molar-refractivity contribution in [2.24, 2.45) is 7.05 Å². The number of hydrogen-bond acceptors (Lipinski definition) is 6. The predicted molar refractivity (Wildman–Crippen MR) is 176 cm³/mol. The molecule has 1 aromatic carbocycles. The van der Waals surface area contributed by atoms with E-state index in [0.717, 1.165) is 25.0 Å². The van der Waals surface area contributed by atoms with Crippen LogP contribution in [0, 0.1) is 0 Å². The lowest BCUT2D eigenvalue weighted by atomic mass is 10.1. The van der Waals surface area contributed by atoms with E-state index in [-0.39, 0.29) is 24.4 Å². The molecule has 9 heteroatoms. The van der Waals surface area contributed by atoms with Crippen LogP contribution in [0.3, 0.4) is 0 Å². The van der Waals surface area contributed by atoms with E-state index in [1.165, 1.54) is 85.0 Å². The molecule has 0 radical (unpaired) electrons. The molecular formula is C34H49N5O3S. The van der Waals surface area contributed by atoms with E-state index in [1.807, 2.05) is 11.6 Å². The van der Waals surface area contributed by atoms with Crippen LogP contribution in [0.4, 0.5) is 0 Å². The number of carbonyl (C=O) groups excluding carboxylic acids is 1. The molecule has 8 nitrogen and oxygen atoms in total. The van der Waals surface area contributed by atoms with Crippen LogP contribution in [0.5, 0.6) is 0 Å². The number of thioether (sulfide) groups is 1. The molecule has 0 bridgehead atoms. The molecule has 43 heavy (non-hydrogen) atoms. The monoisotopic (exact) mass is 607 g/mol. The van der Waals surface area contributed by atoms with Gasteiger partial charge >= 0.3 is 5.69 Å². The second-order valence-electron chi connectivity index (χ2n) is 11.5. The van der Waals surface area contributed by atoms with Gasteiger partial charge in [0.2, 0.25) is 5.91 Å². The molecule has 0 atom stereocenters. The first kappa shape index (κ1) is 34.3. The average Bonchev–Trinajstić information content (AvgIpc) is 3.00. The highest BCUT2D eigenvalue weighted by atomic mass is 32.2. The molecule has 0 aliphatic heterocycles. The third-order valence-corrected chi connectivity index (χ3v) is 8.92. The van der Waals surface area contributed by atoms with Crippen molar-refractivity contribution < 1.29 is 4.79 Å². The van der Waals surface area contributed by atoms with Gasteiger partial charge in [0.05, 0.1) is 0 Å². The van der Waals surface area contributed by atoms with Crippen LogP contribution in [-0.4, -0.2) is 43.5 Å². The van der Waals surface area contributed by atoms with Crippen molar-refractivity contribution in [1.29, 1.82) is 0 Å². The summed E-state index contributed by atoms with van der Waals surface area (Å²) in [4.78, 5) is 48.1. The number of aryl methyl sites for hydroxylation is 2. The number of amides is 1. The first-order chi connectivity index (χ1) is 20.8. The quantitative estimate of drug-likeness (QED) is 0.0921. The maximum atomic E-state index is 12.9. The summed E-state index contributed by atoms with van der Waals surface area (Å²) in [7, 11) is 3.66. The van der Waals surface area contributed by atoms with Crippen LogP contribution in [0.15, 0.2) is 57.6 Å². The molecule has 0 saturated heterocycles. The summed E-state index contributed by atoms with van der Waals surface area (Å²) in [5.74, 6) is 0.598. The highest BCUT2D eigenvalue weighted by molar-refractivity contribution is 7.98. The van der Waals surface area contributed by atoms with Crippen molar-refractivity contribution in [1.82, 2.24) is 24.0 Å². The lowest BCUT2D eigenvalue weighted by Gasteiger charge is -2.18. The Bertz CT molecular complexity index is 1400. The molecule has 0 N–H and O–H groups in total. The summed E-state index contributed by atoms with van der Waals surface area (Å²) in [6.07, 6.45) is 18.6. The van der Waals surface area contributed by atoms with Gasteiger partial charge in [-0.05, 0) is 29.5 Å². The number of likely N-dealkylation sites (N-methyl/N-ethyl adjacent to an activating group) is 1. The van der Waals surface area contributed by atoms with Crippen molar-refractivity contribution >= 4 is 17.7 Å². The molecule has 0 spiro atoms. The molecule has 0 fully saturated rings. The van der Waals surface area contributed by atoms with E-state index in [0.29, 0.717) is 22.8 Å². The molecule has 2 aromatic heterocycles. The molecule has 234 valence electrons. The van der Waals surface area contributed by atoms with Gasteiger partial charge in [0.25, 0.3) is 5.56 Å². The zero-order valence-corrected chi connectivity index (χ0v) is 27.3. The van der Waals surface area contributed by atoms with Crippen molar-refractivity contribution in [3.63, 3.8) is 0 Å². The van der Waals surface area contributed by atoms with Gasteiger partial charge in [0, 0.05) is 57.0 Å². The van der Waals surface area contributed by atoms with Gasteiger partial charge in [-0.3, -0.25) is 14.2 Å². The lowest BCUT2D eigenvalue weighted by molar-refractivity contribution is -0.130. The van der Waals surface area contributed by atoms with Crippen molar-refractivity contribution in [3.05, 3.63) is 85.9 Å². The molecule has 0 saturated carbocycles. The number of benzene rings is 1. The van der Waals surface area contributed by atoms with Crippen LogP contribution in [0.25, 0.3) is 0 Å². The minimum atomic E-state index is -0.478. The summed E-state index contributed by atoms with van der Waals surface area (Å²) in [6, 6.07) is 8.48. The van der Waals surface area contributed by atoms with E-state index in [2.05, 4.69) is 48.1 Å². The Morgan fingerprint density at radius 2 is 1.49 bits per heavy atom. The Labute approximate surface area is 261 Å². The topological polar surface area (TPSA) is 90.1 Å². The Balaban J connectivity index is 1.48. The largest absolute Gasteiger partial charge is 0.347 e. The molecule has 0 aliphatic rings. The van der Waals surface area contributed by atoms with Gasteiger partial charge in [0.15, 0.2) is 5.16 Å². The second-order valence-corrected chi connectivity index (χ2v) is 12.4. The standard InChI is InChI=1S/C34H49N5O3S/c1-5-7-8-9-10-11-12-13-14-15-20-37(3)31(40)25-39-23-29(22-35-33(39)42)21-30-24-38(4)34(36-32(30)41)43-26-28-18-16-27(6-2)17-19-28/h16-19,22-24H,5-15,20-21,25-26H2,1-4H3. The van der Waals surface area contributed by atoms with Crippen LogP contribution in [0.1, 0.15) is 100 Å². The lowest BCUT2D eigenvalue weighted by Crippen LogP contribution is -2.35. The molecule has 1 amide bonds. The maximum absolute atomic E-state index is 12.9. The summed E-state index contributed by atoms with van der Waals surface area (Å²) in [5.41, 5.74) is 2.89. The zero-order valence-electron chi connectivity index (χ0n) is 26.5. The number of hydrogen-bond donors (Lipinski definition) is 0. The third-order valence-electron chi connectivity index (χ3n) is 7.80.